The number of hydrogen-bond donors (Lipinski definition) is 1. The van der Waals surface area contributed by atoms with Crippen molar-refractivity contribution in [2.24, 2.45) is 0 Å². The van der Waals surface area contributed by atoms with E-state index in [0.717, 1.165) is 23.1 Å². The lowest BCUT2D eigenvalue weighted by Crippen LogP contribution is -2.32. The number of carbonyl (C=O) groups is 2. The van der Waals surface area contributed by atoms with E-state index >= 15 is 0 Å². The number of benzene rings is 3. The minimum Gasteiger partial charge on any atom is -0.496 e. The number of cyclic esters (lactones) is 1. The molecule has 2 atom stereocenters. The Morgan fingerprint density at radius 1 is 0.851 bits per heavy atom. The molecule has 0 aromatic heterocycles. The van der Waals surface area contributed by atoms with Crippen LogP contribution < -0.4 is 9.47 Å². The van der Waals surface area contributed by atoms with E-state index in [4.69, 9.17) is 19.3 Å². The number of halogens is 9. The van der Waals surface area contributed by atoms with Gasteiger partial charge in [0.25, 0.3) is 0 Å². The van der Waals surface area contributed by atoms with E-state index in [1.54, 1.807) is 0 Å². The number of hydrogen-bond acceptors (Lipinski definition) is 5. The molecule has 7 nitrogen and oxygen atoms in total. The predicted molar refractivity (Wildman–Crippen MR) is 146 cm³/mol. The molecular weight excluding hydrogens is 653 g/mol. The number of methoxy groups -OCH3 is 1. The Bertz CT molecular complexity index is 1600. The van der Waals surface area contributed by atoms with Gasteiger partial charge in [-0.3, -0.25) is 9.69 Å². The van der Waals surface area contributed by atoms with Gasteiger partial charge in [0.05, 0.1) is 43.0 Å². The van der Waals surface area contributed by atoms with Gasteiger partial charge in [-0.2, -0.15) is 39.5 Å². The summed E-state index contributed by atoms with van der Waals surface area (Å²) in [4.78, 5) is 24.7. The number of aliphatic carboxylic acids is 1. The Balaban J connectivity index is 1.74. The molecule has 0 bridgehead atoms. The maximum Gasteiger partial charge on any atom is 0.416 e. The van der Waals surface area contributed by atoms with Crippen LogP contribution in [0.1, 0.15) is 53.7 Å². The van der Waals surface area contributed by atoms with Crippen molar-refractivity contribution in [1.82, 2.24) is 4.90 Å². The van der Waals surface area contributed by atoms with Gasteiger partial charge >= 0.3 is 30.6 Å². The van der Waals surface area contributed by atoms with Crippen LogP contribution in [0.2, 0.25) is 0 Å². The molecule has 0 unspecified atom stereocenters. The molecule has 1 amide bonds. The summed E-state index contributed by atoms with van der Waals surface area (Å²) in [6.45, 7) is 0.693. The highest BCUT2D eigenvalue weighted by Gasteiger charge is 2.44. The summed E-state index contributed by atoms with van der Waals surface area (Å²) in [6.07, 6.45) is -18.0. The number of rotatable bonds is 10. The second-order valence-corrected chi connectivity index (χ2v) is 10.6. The van der Waals surface area contributed by atoms with E-state index in [9.17, 15) is 49.1 Å². The Labute approximate surface area is 261 Å². The summed E-state index contributed by atoms with van der Waals surface area (Å²) < 4.78 is 138. The monoisotopic (exact) mass is 679 g/mol. The summed E-state index contributed by atoms with van der Waals surface area (Å²) in [7, 11) is 1.30. The zero-order valence-electron chi connectivity index (χ0n) is 24.5. The molecule has 4 rings (SSSR count). The number of alkyl halides is 9. The van der Waals surface area contributed by atoms with Crippen molar-refractivity contribution >= 4 is 12.1 Å². The predicted octanol–water partition coefficient (Wildman–Crippen LogP) is 8.74. The van der Waals surface area contributed by atoms with Gasteiger partial charge in [0, 0.05) is 12.0 Å². The highest BCUT2D eigenvalue weighted by atomic mass is 19.4. The third-order valence-corrected chi connectivity index (χ3v) is 7.37. The molecule has 0 spiro atoms. The van der Waals surface area contributed by atoms with Crippen molar-refractivity contribution in [3.05, 3.63) is 82.4 Å². The largest absolute Gasteiger partial charge is 0.496 e. The zero-order valence-corrected chi connectivity index (χ0v) is 24.5. The lowest BCUT2D eigenvalue weighted by atomic mass is 9.94. The number of carboxylic acids is 1. The van der Waals surface area contributed by atoms with Gasteiger partial charge in [-0.05, 0) is 78.6 Å². The fourth-order valence-corrected chi connectivity index (χ4v) is 5.05. The maximum atomic E-state index is 13.8. The molecule has 3 aromatic rings. The lowest BCUT2D eigenvalue weighted by molar-refractivity contribution is -0.143. The first-order valence-electron chi connectivity index (χ1n) is 13.8. The number of carboxylic acid groups (broad SMARTS) is 1. The number of nitrogens with zero attached hydrogens (tertiary/aromatic N) is 1. The summed E-state index contributed by atoms with van der Waals surface area (Å²) >= 11 is 0. The molecule has 3 aromatic carbocycles. The zero-order chi connectivity index (χ0) is 34.9. The SMILES string of the molecule is COc1ccc(OCCCC(=O)O)cc1-c1ccc(C(F)(F)F)cc1CN1C(=O)O[C@H](c2cc(C(F)(F)F)cc(C(F)(F)F)c2)[C@@H]1C. The molecule has 0 radical (unpaired) electrons. The molecule has 1 saturated heterocycles. The van der Waals surface area contributed by atoms with Gasteiger partial charge in [0.2, 0.25) is 0 Å². The van der Waals surface area contributed by atoms with E-state index < -0.39 is 71.5 Å². The Morgan fingerprint density at radius 3 is 2.02 bits per heavy atom. The van der Waals surface area contributed by atoms with Crippen molar-refractivity contribution in [2.45, 2.75) is 57.0 Å². The normalized spacial score (nSPS) is 17.1. The molecule has 0 aliphatic carbocycles. The van der Waals surface area contributed by atoms with Gasteiger partial charge in [0.1, 0.15) is 17.6 Å². The van der Waals surface area contributed by atoms with Crippen LogP contribution in [-0.2, 0) is 34.6 Å². The first-order chi connectivity index (χ1) is 21.8. The van der Waals surface area contributed by atoms with E-state index in [0.29, 0.717) is 12.1 Å². The van der Waals surface area contributed by atoms with Crippen molar-refractivity contribution in [2.75, 3.05) is 13.7 Å². The molecule has 1 fully saturated rings. The Kier molecular flexibility index (Phi) is 9.92. The molecule has 1 aliphatic rings. The Morgan fingerprint density at radius 2 is 1.47 bits per heavy atom. The van der Waals surface area contributed by atoms with E-state index in [-0.39, 0.29) is 53.7 Å². The van der Waals surface area contributed by atoms with E-state index in [1.165, 1.54) is 32.2 Å². The number of carbonyl (C=O) groups excluding carboxylic acids is 1. The van der Waals surface area contributed by atoms with Crippen LogP contribution in [0.4, 0.5) is 44.3 Å². The van der Waals surface area contributed by atoms with Gasteiger partial charge in [-0.25, -0.2) is 4.79 Å². The van der Waals surface area contributed by atoms with Gasteiger partial charge in [-0.1, -0.05) is 6.07 Å². The van der Waals surface area contributed by atoms with Crippen molar-refractivity contribution in [1.29, 1.82) is 0 Å². The van der Waals surface area contributed by atoms with Crippen LogP contribution in [0.5, 0.6) is 11.5 Å². The van der Waals surface area contributed by atoms with Crippen LogP contribution in [0.3, 0.4) is 0 Å². The van der Waals surface area contributed by atoms with Crippen molar-refractivity contribution in [3.8, 4) is 22.6 Å². The molecule has 0 saturated carbocycles. The quantitative estimate of drug-likeness (QED) is 0.171. The standard InChI is InChI=1S/C31H26F9NO6/c1-16-27(17-10-20(30(35,36)37)13-21(11-17)31(38,39)40)47-28(44)41(16)15-18-12-19(29(32,33)34)5-7-23(18)24-14-22(6-8-25(24)45-2)46-9-3-4-26(42)43/h5-8,10-14,16,27H,3-4,9,15H2,1-2H3,(H,42,43)/t16-,27-/m0/s1. The minimum absolute atomic E-state index is 0.00203. The number of amides is 1. The van der Waals surface area contributed by atoms with E-state index in [1.807, 2.05) is 0 Å². The third-order valence-electron chi connectivity index (χ3n) is 7.37. The van der Waals surface area contributed by atoms with Gasteiger partial charge in [0.15, 0.2) is 0 Å². The molecule has 1 aliphatic heterocycles. The molecule has 254 valence electrons. The number of ether oxygens (including phenoxy) is 3. The summed E-state index contributed by atoms with van der Waals surface area (Å²) in [5, 5.41) is 8.83. The smallest absolute Gasteiger partial charge is 0.416 e. The average molecular weight is 680 g/mol. The van der Waals surface area contributed by atoms with Crippen LogP contribution in [0.25, 0.3) is 11.1 Å². The summed E-state index contributed by atoms with van der Waals surface area (Å²) in [5.74, 6) is -0.636. The highest BCUT2D eigenvalue weighted by molar-refractivity contribution is 5.77. The van der Waals surface area contributed by atoms with Crippen molar-refractivity contribution in [3.63, 3.8) is 0 Å². The van der Waals surface area contributed by atoms with Crippen LogP contribution in [0, 0.1) is 0 Å². The summed E-state index contributed by atoms with van der Waals surface area (Å²) in [6, 6.07) is 6.60. The fraction of sp³-hybridized carbons (Fsp3) is 0.355. The van der Waals surface area contributed by atoms with Crippen LogP contribution >= 0.6 is 0 Å². The van der Waals surface area contributed by atoms with Crippen molar-refractivity contribution < 1.29 is 68.4 Å². The molecule has 16 heteroatoms. The summed E-state index contributed by atoms with van der Waals surface area (Å²) in [5.41, 5.74) is -4.70. The first kappa shape index (κ1) is 35.2. The third kappa shape index (κ3) is 8.21. The average Bonchev–Trinajstić information content (AvgIpc) is 3.26. The van der Waals surface area contributed by atoms with Crippen LogP contribution in [0.15, 0.2) is 54.6 Å². The maximum absolute atomic E-state index is 13.8. The lowest BCUT2D eigenvalue weighted by Gasteiger charge is -2.24. The highest BCUT2D eigenvalue weighted by Crippen LogP contribution is 2.43. The minimum atomic E-state index is -5.16. The van der Waals surface area contributed by atoms with Gasteiger partial charge in [-0.15, -0.1) is 0 Å². The first-order valence-corrected chi connectivity index (χ1v) is 13.8. The fourth-order valence-electron chi connectivity index (χ4n) is 5.05. The van der Waals surface area contributed by atoms with Gasteiger partial charge < -0.3 is 19.3 Å². The molecule has 47 heavy (non-hydrogen) atoms. The molecular formula is C31H26F9NO6. The van der Waals surface area contributed by atoms with E-state index in [2.05, 4.69) is 0 Å². The molecule has 1 N–H and O–H groups in total. The molecule has 1 heterocycles. The topological polar surface area (TPSA) is 85.3 Å². The van der Waals surface area contributed by atoms with Crippen LogP contribution in [-0.4, -0.2) is 41.8 Å². The second-order valence-electron chi connectivity index (χ2n) is 10.6. The Hall–Kier alpha value is -4.63. The second kappa shape index (κ2) is 13.2.